The largest absolute Gasteiger partial charge is 0.487 e. The highest BCUT2D eigenvalue weighted by atomic mass is 35.5. The molecule has 0 N–H and O–H groups in total. The number of amides is 1. The van der Waals surface area contributed by atoms with E-state index in [9.17, 15) is 18.4 Å². The Balaban J connectivity index is 1.49. The molecule has 3 aromatic rings. The monoisotopic (exact) mass is 444 g/mol. The molecule has 5 nitrogen and oxygen atoms in total. The first kappa shape index (κ1) is 21.1. The van der Waals surface area contributed by atoms with Crippen molar-refractivity contribution in [2.75, 3.05) is 0 Å². The minimum atomic E-state index is -0.732. The predicted molar refractivity (Wildman–Crippen MR) is 112 cm³/mol. The number of carbonyl (C=O) groups excluding carboxylic acids is 1. The number of hydrogen-bond donors (Lipinski definition) is 0. The van der Waals surface area contributed by atoms with E-state index in [4.69, 9.17) is 16.3 Å². The number of hydrogen-bond acceptors (Lipinski definition) is 3. The van der Waals surface area contributed by atoms with E-state index in [0.29, 0.717) is 19.6 Å². The summed E-state index contributed by atoms with van der Waals surface area (Å²) in [6.45, 7) is 2.81. The Kier molecular flexibility index (Phi) is 5.78. The fourth-order valence-electron chi connectivity index (χ4n) is 3.53. The molecule has 0 spiro atoms. The molecule has 0 saturated carbocycles. The minimum absolute atomic E-state index is 0.0249. The van der Waals surface area contributed by atoms with Gasteiger partial charge in [-0.2, -0.15) is 0 Å². The molecule has 31 heavy (non-hydrogen) atoms. The average Bonchev–Trinajstić information content (AvgIpc) is 3.16. The normalized spacial score (nSPS) is 12.7. The van der Waals surface area contributed by atoms with Gasteiger partial charge in [0.1, 0.15) is 29.0 Å². The molecule has 0 saturated heterocycles. The molecule has 0 aliphatic carbocycles. The number of aromatic nitrogens is 1. The van der Waals surface area contributed by atoms with Crippen molar-refractivity contribution in [3.63, 3.8) is 0 Å². The van der Waals surface area contributed by atoms with E-state index < -0.39 is 17.2 Å². The van der Waals surface area contributed by atoms with Gasteiger partial charge in [-0.3, -0.25) is 9.59 Å². The number of halogens is 3. The second kappa shape index (κ2) is 8.51. The fraction of sp³-hybridized carbons (Fsp3) is 0.217. The quantitative estimate of drug-likeness (QED) is 0.590. The molecular weight excluding hydrogens is 426 g/mol. The van der Waals surface area contributed by atoms with E-state index in [-0.39, 0.29) is 28.8 Å². The Morgan fingerprint density at radius 3 is 2.61 bits per heavy atom. The van der Waals surface area contributed by atoms with Gasteiger partial charge in [0.2, 0.25) is 5.91 Å². The second-order valence-corrected chi connectivity index (χ2v) is 7.81. The number of carbonyl (C=O) groups is 1. The van der Waals surface area contributed by atoms with Gasteiger partial charge in [0.05, 0.1) is 6.54 Å². The Morgan fingerprint density at radius 1 is 1.10 bits per heavy atom. The van der Waals surface area contributed by atoms with Crippen LogP contribution in [0.15, 0.2) is 53.5 Å². The third-order valence-corrected chi connectivity index (χ3v) is 5.61. The Labute approximate surface area is 182 Å². The van der Waals surface area contributed by atoms with Gasteiger partial charge in [-0.15, -0.1) is 0 Å². The molecule has 1 aromatic heterocycles. The predicted octanol–water partition coefficient (Wildman–Crippen LogP) is 4.27. The number of ether oxygens (including phenoxy) is 1. The van der Waals surface area contributed by atoms with Gasteiger partial charge in [0.15, 0.2) is 0 Å². The van der Waals surface area contributed by atoms with Crippen molar-refractivity contribution < 1.29 is 18.3 Å². The van der Waals surface area contributed by atoms with Crippen LogP contribution in [0.3, 0.4) is 0 Å². The lowest BCUT2D eigenvalue weighted by molar-refractivity contribution is -0.129. The molecule has 2 heterocycles. The SMILES string of the molecule is CC(=O)N1Cc2ccc(Cn3ccc(OCc4ccc(F)cc4F)c(Cl)c3=O)cc2C1. The zero-order chi connectivity index (χ0) is 22.1. The summed E-state index contributed by atoms with van der Waals surface area (Å²) in [4.78, 5) is 26.0. The van der Waals surface area contributed by atoms with Gasteiger partial charge < -0.3 is 14.2 Å². The third-order valence-electron chi connectivity index (χ3n) is 5.26. The topological polar surface area (TPSA) is 51.5 Å². The molecule has 0 unspecified atom stereocenters. The summed E-state index contributed by atoms with van der Waals surface area (Å²) < 4.78 is 33.7. The summed E-state index contributed by atoms with van der Waals surface area (Å²) in [6, 6.07) is 10.6. The lowest BCUT2D eigenvalue weighted by atomic mass is 10.1. The number of pyridine rings is 1. The fourth-order valence-corrected chi connectivity index (χ4v) is 3.75. The molecule has 0 radical (unpaired) electrons. The highest BCUT2D eigenvalue weighted by Crippen LogP contribution is 2.25. The summed E-state index contributed by atoms with van der Waals surface area (Å²) >= 11 is 6.19. The first-order valence-electron chi connectivity index (χ1n) is 9.63. The maximum absolute atomic E-state index is 13.8. The van der Waals surface area contributed by atoms with Crippen molar-refractivity contribution in [3.8, 4) is 5.75 Å². The van der Waals surface area contributed by atoms with Crippen molar-refractivity contribution in [1.82, 2.24) is 9.47 Å². The first-order chi connectivity index (χ1) is 14.8. The van der Waals surface area contributed by atoms with Crippen molar-refractivity contribution in [2.45, 2.75) is 33.2 Å². The lowest BCUT2D eigenvalue weighted by Gasteiger charge is -2.12. The Bertz CT molecular complexity index is 1230. The first-order valence-corrected chi connectivity index (χ1v) is 10.0. The molecule has 0 atom stereocenters. The standard InChI is InChI=1S/C23H19ClF2N2O3/c1-14(29)28-11-16-3-2-15(8-18(16)12-28)10-27-7-6-21(22(24)23(27)30)31-13-17-4-5-19(25)9-20(17)26/h2-9H,10-13H2,1H3. The van der Waals surface area contributed by atoms with Crippen LogP contribution in [0, 0.1) is 11.6 Å². The van der Waals surface area contributed by atoms with Gasteiger partial charge in [-0.1, -0.05) is 29.8 Å². The Hall–Kier alpha value is -3.19. The molecule has 1 aliphatic heterocycles. The number of fused-ring (bicyclic) bond motifs is 1. The van der Waals surface area contributed by atoms with Crippen molar-refractivity contribution >= 4 is 17.5 Å². The number of rotatable bonds is 5. The van der Waals surface area contributed by atoms with E-state index >= 15 is 0 Å². The lowest BCUT2D eigenvalue weighted by Crippen LogP contribution is -2.21. The van der Waals surface area contributed by atoms with Gasteiger partial charge in [0.25, 0.3) is 5.56 Å². The minimum Gasteiger partial charge on any atom is -0.487 e. The smallest absolute Gasteiger partial charge is 0.273 e. The van der Waals surface area contributed by atoms with Gasteiger partial charge in [0, 0.05) is 37.8 Å². The highest BCUT2D eigenvalue weighted by molar-refractivity contribution is 6.31. The van der Waals surface area contributed by atoms with Crippen LogP contribution in [0.5, 0.6) is 5.75 Å². The van der Waals surface area contributed by atoms with Crippen LogP contribution in [0.1, 0.15) is 29.2 Å². The van der Waals surface area contributed by atoms with Crippen LogP contribution in [-0.4, -0.2) is 15.4 Å². The van der Waals surface area contributed by atoms with E-state index in [2.05, 4.69) is 0 Å². The number of nitrogens with zero attached hydrogens (tertiary/aromatic N) is 2. The van der Waals surface area contributed by atoms with Crippen molar-refractivity contribution in [3.05, 3.63) is 97.9 Å². The van der Waals surface area contributed by atoms with Crippen LogP contribution in [0.25, 0.3) is 0 Å². The van der Waals surface area contributed by atoms with Crippen LogP contribution >= 0.6 is 11.6 Å². The molecule has 1 aliphatic rings. The van der Waals surface area contributed by atoms with Crippen molar-refractivity contribution in [2.24, 2.45) is 0 Å². The van der Waals surface area contributed by atoms with Gasteiger partial charge in [-0.25, -0.2) is 8.78 Å². The second-order valence-electron chi connectivity index (χ2n) is 7.43. The summed E-state index contributed by atoms with van der Waals surface area (Å²) in [5.41, 5.74) is 2.78. The van der Waals surface area contributed by atoms with Gasteiger partial charge in [-0.05, 0) is 34.9 Å². The van der Waals surface area contributed by atoms with Gasteiger partial charge >= 0.3 is 0 Å². The molecule has 2 aromatic carbocycles. The number of benzene rings is 2. The summed E-state index contributed by atoms with van der Waals surface area (Å²) in [6.07, 6.45) is 1.56. The molecular formula is C23H19ClF2N2O3. The Morgan fingerprint density at radius 2 is 1.87 bits per heavy atom. The van der Waals surface area contributed by atoms with E-state index in [1.165, 1.54) is 16.7 Å². The van der Waals surface area contributed by atoms with E-state index in [1.54, 1.807) is 18.0 Å². The molecule has 160 valence electrons. The van der Waals surface area contributed by atoms with Crippen molar-refractivity contribution in [1.29, 1.82) is 0 Å². The molecule has 4 rings (SSSR count). The maximum atomic E-state index is 13.8. The van der Waals surface area contributed by atoms with Crippen LogP contribution in [0.4, 0.5) is 8.78 Å². The molecule has 8 heteroatoms. The van der Waals surface area contributed by atoms with E-state index in [1.807, 2.05) is 18.2 Å². The van der Waals surface area contributed by atoms with Crippen LogP contribution in [-0.2, 0) is 31.0 Å². The molecule has 1 amide bonds. The van der Waals surface area contributed by atoms with Crippen LogP contribution in [0.2, 0.25) is 5.02 Å². The maximum Gasteiger partial charge on any atom is 0.273 e. The third kappa shape index (κ3) is 4.46. The molecule has 0 fully saturated rings. The van der Waals surface area contributed by atoms with E-state index in [0.717, 1.165) is 28.8 Å². The highest BCUT2D eigenvalue weighted by Gasteiger charge is 2.21. The zero-order valence-corrected chi connectivity index (χ0v) is 17.5. The zero-order valence-electron chi connectivity index (χ0n) is 16.7. The summed E-state index contributed by atoms with van der Waals surface area (Å²) in [5.74, 6) is -1.26. The van der Waals surface area contributed by atoms with Crippen LogP contribution < -0.4 is 10.3 Å². The summed E-state index contributed by atoms with van der Waals surface area (Å²) in [7, 11) is 0. The average molecular weight is 445 g/mol. The summed E-state index contributed by atoms with van der Waals surface area (Å²) in [5, 5.41) is -0.117. The molecule has 0 bridgehead atoms.